The van der Waals surface area contributed by atoms with Gasteiger partial charge in [0.15, 0.2) is 6.10 Å². The van der Waals surface area contributed by atoms with Crippen molar-refractivity contribution in [1.29, 1.82) is 0 Å². The fourth-order valence-corrected chi connectivity index (χ4v) is 2.42. The summed E-state index contributed by atoms with van der Waals surface area (Å²) in [4.78, 5) is 12.2. The first-order valence-electron chi connectivity index (χ1n) is 8.10. The largest absolute Gasteiger partial charge is 0.481 e. The first-order chi connectivity index (χ1) is 12.1. The molecule has 126 valence electrons. The number of nitrogens with two attached hydrogens (primary N) is 1. The first kappa shape index (κ1) is 16.6. The zero-order valence-corrected chi connectivity index (χ0v) is 14.0. The van der Waals surface area contributed by atoms with Crippen LogP contribution < -0.4 is 15.8 Å². The molecule has 0 fully saturated rings. The number of rotatable bonds is 5. The van der Waals surface area contributed by atoms with Crippen LogP contribution in [-0.2, 0) is 4.79 Å². The highest BCUT2D eigenvalue weighted by Crippen LogP contribution is 2.22. The Labute approximate surface area is 147 Å². The lowest BCUT2D eigenvalue weighted by Gasteiger charge is -2.15. The van der Waals surface area contributed by atoms with Gasteiger partial charge in [-0.25, -0.2) is 0 Å². The van der Waals surface area contributed by atoms with E-state index in [0.29, 0.717) is 17.1 Å². The highest BCUT2D eigenvalue weighted by atomic mass is 16.5. The van der Waals surface area contributed by atoms with Crippen LogP contribution >= 0.6 is 0 Å². The van der Waals surface area contributed by atoms with Gasteiger partial charge in [0.2, 0.25) is 0 Å². The molecule has 4 heteroatoms. The maximum absolute atomic E-state index is 12.2. The fourth-order valence-electron chi connectivity index (χ4n) is 2.42. The molecular formula is C21H20N2O2. The number of hydrogen-bond acceptors (Lipinski definition) is 3. The highest BCUT2D eigenvalue weighted by Gasteiger charge is 2.14. The van der Waals surface area contributed by atoms with Crippen molar-refractivity contribution in [1.82, 2.24) is 0 Å². The number of ether oxygens (including phenoxy) is 1. The van der Waals surface area contributed by atoms with Crippen LogP contribution in [0.2, 0.25) is 0 Å². The van der Waals surface area contributed by atoms with Crippen molar-refractivity contribution in [2.75, 3.05) is 11.1 Å². The molecule has 0 aromatic heterocycles. The van der Waals surface area contributed by atoms with E-state index in [4.69, 9.17) is 10.5 Å². The van der Waals surface area contributed by atoms with Gasteiger partial charge in [0.1, 0.15) is 5.75 Å². The van der Waals surface area contributed by atoms with E-state index in [1.807, 2.05) is 42.5 Å². The van der Waals surface area contributed by atoms with Crippen LogP contribution in [0.3, 0.4) is 0 Å². The standard InChI is InChI=1S/C21H20N2O2/c1-15(21(24)23-19-11-9-18(22)10-12-19)25-20-13-7-17(8-14-20)16-5-3-2-4-6-16/h2-15H,22H2,1H3,(H,23,24). The van der Waals surface area contributed by atoms with Gasteiger partial charge >= 0.3 is 0 Å². The van der Waals surface area contributed by atoms with Crippen molar-refractivity contribution in [2.45, 2.75) is 13.0 Å². The third kappa shape index (κ3) is 4.38. The van der Waals surface area contributed by atoms with Gasteiger partial charge in [-0.15, -0.1) is 0 Å². The summed E-state index contributed by atoms with van der Waals surface area (Å²) in [6, 6.07) is 24.8. The molecule has 3 aromatic rings. The first-order valence-corrected chi connectivity index (χ1v) is 8.10. The Bertz CT molecular complexity index is 828. The summed E-state index contributed by atoms with van der Waals surface area (Å²) in [7, 11) is 0. The summed E-state index contributed by atoms with van der Waals surface area (Å²) in [5.74, 6) is 0.441. The Morgan fingerprint density at radius 1 is 0.880 bits per heavy atom. The molecule has 0 radical (unpaired) electrons. The molecule has 1 atom stereocenters. The van der Waals surface area contributed by atoms with E-state index in [9.17, 15) is 4.79 Å². The van der Waals surface area contributed by atoms with Gasteiger partial charge in [0, 0.05) is 11.4 Å². The molecule has 0 aliphatic heterocycles. The van der Waals surface area contributed by atoms with Crippen LogP contribution in [0.5, 0.6) is 5.75 Å². The molecule has 4 nitrogen and oxygen atoms in total. The van der Waals surface area contributed by atoms with Gasteiger partial charge in [0.25, 0.3) is 5.91 Å². The number of nitrogens with one attached hydrogen (secondary N) is 1. The molecular weight excluding hydrogens is 312 g/mol. The third-order valence-corrected chi connectivity index (χ3v) is 3.82. The molecule has 3 N–H and O–H groups in total. The minimum absolute atomic E-state index is 0.211. The lowest BCUT2D eigenvalue weighted by Crippen LogP contribution is -2.30. The van der Waals surface area contributed by atoms with Crippen molar-refractivity contribution in [2.24, 2.45) is 0 Å². The molecule has 3 rings (SSSR count). The van der Waals surface area contributed by atoms with Gasteiger partial charge in [-0.1, -0.05) is 42.5 Å². The molecule has 3 aromatic carbocycles. The van der Waals surface area contributed by atoms with Crippen LogP contribution in [0.15, 0.2) is 78.9 Å². The molecule has 1 amide bonds. The Morgan fingerprint density at radius 3 is 2.12 bits per heavy atom. The average molecular weight is 332 g/mol. The van der Waals surface area contributed by atoms with Gasteiger partial charge in [-0.05, 0) is 54.4 Å². The predicted molar refractivity (Wildman–Crippen MR) is 101 cm³/mol. The van der Waals surface area contributed by atoms with Crippen molar-refractivity contribution in [3.05, 3.63) is 78.9 Å². The molecule has 1 unspecified atom stereocenters. The summed E-state index contributed by atoms with van der Waals surface area (Å²) in [5.41, 5.74) is 9.22. The van der Waals surface area contributed by atoms with Crippen LogP contribution in [-0.4, -0.2) is 12.0 Å². The van der Waals surface area contributed by atoms with Crippen molar-refractivity contribution >= 4 is 17.3 Å². The minimum atomic E-state index is -0.611. The van der Waals surface area contributed by atoms with Crippen molar-refractivity contribution < 1.29 is 9.53 Å². The number of benzene rings is 3. The van der Waals surface area contributed by atoms with E-state index >= 15 is 0 Å². The monoisotopic (exact) mass is 332 g/mol. The summed E-state index contributed by atoms with van der Waals surface area (Å²) < 4.78 is 5.73. The quantitative estimate of drug-likeness (QED) is 0.683. The van der Waals surface area contributed by atoms with Gasteiger partial charge in [-0.3, -0.25) is 4.79 Å². The topological polar surface area (TPSA) is 64.3 Å². The maximum atomic E-state index is 12.2. The summed E-state index contributed by atoms with van der Waals surface area (Å²) in [6.07, 6.45) is -0.611. The van der Waals surface area contributed by atoms with E-state index in [1.165, 1.54) is 0 Å². The molecule has 0 heterocycles. The maximum Gasteiger partial charge on any atom is 0.265 e. The van der Waals surface area contributed by atoms with Gasteiger partial charge in [-0.2, -0.15) is 0 Å². The van der Waals surface area contributed by atoms with E-state index < -0.39 is 6.10 Å². The van der Waals surface area contributed by atoms with Crippen LogP contribution in [0.1, 0.15) is 6.92 Å². The average Bonchev–Trinajstić information content (AvgIpc) is 2.65. The minimum Gasteiger partial charge on any atom is -0.481 e. The second-order valence-electron chi connectivity index (χ2n) is 5.76. The van der Waals surface area contributed by atoms with Crippen molar-refractivity contribution in [3.63, 3.8) is 0 Å². The third-order valence-electron chi connectivity index (χ3n) is 3.82. The second kappa shape index (κ2) is 7.53. The fraction of sp³-hybridized carbons (Fsp3) is 0.0952. The molecule has 0 bridgehead atoms. The molecule has 0 aliphatic carbocycles. The Morgan fingerprint density at radius 2 is 1.48 bits per heavy atom. The lowest BCUT2D eigenvalue weighted by atomic mass is 10.1. The zero-order chi connectivity index (χ0) is 17.6. The van der Waals surface area contributed by atoms with Crippen molar-refractivity contribution in [3.8, 4) is 16.9 Å². The van der Waals surface area contributed by atoms with Gasteiger partial charge in [0.05, 0.1) is 0 Å². The number of carbonyl (C=O) groups is 1. The summed E-state index contributed by atoms with van der Waals surface area (Å²) in [6.45, 7) is 1.72. The number of nitrogen functional groups attached to an aromatic ring is 1. The summed E-state index contributed by atoms with van der Waals surface area (Å²) >= 11 is 0. The van der Waals surface area contributed by atoms with E-state index in [0.717, 1.165) is 11.1 Å². The number of amides is 1. The van der Waals surface area contributed by atoms with Crippen LogP contribution in [0.25, 0.3) is 11.1 Å². The molecule has 0 aliphatic rings. The van der Waals surface area contributed by atoms with E-state index in [-0.39, 0.29) is 5.91 Å². The molecule has 0 saturated heterocycles. The number of carbonyl (C=O) groups excluding carboxylic acids is 1. The predicted octanol–water partition coefficient (Wildman–Crippen LogP) is 4.34. The Hall–Kier alpha value is -3.27. The van der Waals surface area contributed by atoms with Gasteiger partial charge < -0.3 is 15.8 Å². The van der Waals surface area contributed by atoms with E-state index in [1.54, 1.807) is 31.2 Å². The molecule has 25 heavy (non-hydrogen) atoms. The number of hydrogen-bond donors (Lipinski definition) is 2. The smallest absolute Gasteiger partial charge is 0.265 e. The molecule has 0 saturated carbocycles. The Balaban J connectivity index is 1.61. The number of anilines is 2. The zero-order valence-electron chi connectivity index (χ0n) is 14.0. The second-order valence-corrected chi connectivity index (χ2v) is 5.76. The highest BCUT2D eigenvalue weighted by molar-refractivity contribution is 5.94. The van der Waals surface area contributed by atoms with Crippen LogP contribution in [0.4, 0.5) is 11.4 Å². The lowest BCUT2D eigenvalue weighted by molar-refractivity contribution is -0.122. The molecule has 0 spiro atoms. The summed E-state index contributed by atoms with van der Waals surface area (Å²) in [5, 5.41) is 2.81. The Kier molecular flexibility index (Phi) is 5.00. The normalized spacial score (nSPS) is 11.6. The van der Waals surface area contributed by atoms with Crippen LogP contribution in [0, 0.1) is 0 Å². The SMILES string of the molecule is CC(Oc1ccc(-c2ccccc2)cc1)C(=O)Nc1ccc(N)cc1. The van der Waals surface area contributed by atoms with E-state index in [2.05, 4.69) is 17.4 Å².